The summed E-state index contributed by atoms with van der Waals surface area (Å²) in [4.78, 5) is 0. The topological polar surface area (TPSA) is 58.6 Å². The third kappa shape index (κ3) is 4.94. The molecule has 1 saturated heterocycles. The normalized spacial score (nSPS) is 20.4. The van der Waals surface area contributed by atoms with Gasteiger partial charge >= 0.3 is 0 Å². The van der Waals surface area contributed by atoms with Crippen LogP contribution in [0.4, 0.5) is 4.39 Å². The largest absolute Gasteiger partial charge is 0.492 e. The van der Waals surface area contributed by atoms with Crippen LogP contribution >= 0.6 is 0 Å². The molecule has 0 aliphatic carbocycles. The molecule has 1 aliphatic heterocycles. The van der Waals surface area contributed by atoms with Crippen molar-refractivity contribution in [1.82, 2.24) is 9.03 Å². The first-order valence-electron chi connectivity index (χ1n) is 7.10. The summed E-state index contributed by atoms with van der Waals surface area (Å²) in [5, 5.41) is 0. The molecule has 21 heavy (non-hydrogen) atoms. The van der Waals surface area contributed by atoms with Crippen molar-refractivity contribution < 1.29 is 17.5 Å². The number of hydrogen-bond acceptors (Lipinski definition) is 3. The van der Waals surface area contributed by atoms with Gasteiger partial charge in [-0.15, -0.1) is 0 Å². The SMILES string of the molecule is C[C@H]1CCCN(S(=O)(=O)NCCOc2ccc(F)cc2)C1. The van der Waals surface area contributed by atoms with Crippen molar-refractivity contribution in [2.75, 3.05) is 26.2 Å². The molecule has 1 aromatic carbocycles. The van der Waals surface area contributed by atoms with Crippen molar-refractivity contribution in [1.29, 1.82) is 0 Å². The van der Waals surface area contributed by atoms with E-state index in [1.807, 2.05) is 0 Å². The van der Waals surface area contributed by atoms with Crippen LogP contribution in [0, 0.1) is 11.7 Å². The fraction of sp³-hybridized carbons (Fsp3) is 0.571. The monoisotopic (exact) mass is 316 g/mol. The molecule has 1 heterocycles. The summed E-state index contributed by atoms with van der Waals surface area (Å²) in [6.07, 6.45) is 1.97. The number of piperidine rings is 1. The number of ether oxygens (including phenoxy) is 1. The smallest absolute Gasteiger partial charge is 0.279 e. The first kappa shape index (κ1) is 16.2. The second kappa shape index (κ2) is 7.20. The molecule has 2 rings (SSSR count). The van der Waals surface area contributed by atoms with Crippen LogP contribution in [0.1, 0.15) is 19.8 Å². The summed E-state index contributed by atoms with van der Waals surface area (Å²) in [6.45, 7) is 3.57. The van der Waals surface area contributed by atoms with Crippen LogP contribution in [0.25, 0.3) is 0 Å². The summed E-state index contributed by atoms with van der Waals surface area (Å²) in [7, 11) is -3.43. The molecule has 0 unspecified atom stereocenters. The van der Waals surface area contributed by atoms with Crippen molar-refractivity contribution >= 4 is 10.2 Å². The van der Waals surface area contributed by atoms with Gasteiger partial charge in [-0.25, -0.2) is 4.39 Å². The average molecular weight is 316 g/mol. The molecular weight excluding hydrogens is 295 g/mol. The van der Waals surface area contributed by atoms with Gasteiger partial charge in [0.25, 0.3) is 10.2 Å². The van der Waals surface area contributed by atoms with Crippen LogP contribution in [-0.4, -0.2) is 39.0 Å². The van der Waals surface area contributed by atoms with Gasteiger partial charge in [0.05, 0.1) is 0 Å². The van der Waals surface area contributed by atoms with Gasteiger partial charge in [0.1, 0.15) is 18.2 Å². The quantitative estimate of drug-likeness (QED) is 0.814. The lowest BCUT2D eigenvalue weighted by Crippen LogP contribution is -2.46. The third-order valence-electron chi connectivity index (χ3n) is 3.43. The van der Waals surface area contributed by atoms with Crippen molar-refractivity contribution in [3.8, 4) is 5.75 Å². The Bertz CT molecular complexity index is 548. The molecule has 0 spiro atoms. The van der Waals surface area contributed by atoms with Gasteiger partial charge in [-0.2, -0.15) is 17.4 Å². The van der Waals surface area contributed by atoms with E-state index >= 15 is 0 Å². The molecule has 0 amide bonds. The van der Waals surface area contributed by atoms with Gasteiger partial charge in [0.15, 0.2) is 0 Å². The Morgan fingerprint density at radius 2 is 2.10 bits per heavy atom. The maximum atomic E-state index is 12.7. The molecule has 1 aliphatic rings. The molecule has 1 aromatic rings. The molecule has 5 nitrogen and oxygen atoms in total. The molecule has 0 radical (unpaired) electrons. The molecule has 1 fully saturated rings. The number of halogens is 1. The van der Waals surface area contributed by atoms with E-state index in [1.54, 1.807) is 0 Å². The van der Waals surface area contributed by atoms with Gasteiger partial charge in [-0.1, -0.05) is 6.92 Å². The van der Waals surface area contributed by atoms with Gasteiger partial charge in [0, 0.05) is 19.6 Å². The maximum absolute atomic E-state index is 12.7. The van der Waals surface area contributed by atoms with Crippen LogP contribution < -0.4 is 9.46 Å². The Hall–Kier alpha value is -1.18. The van der Waals surface area contributed by atoms with Gasteiger partial charge in [-0.3, -0.25) is 0 Å². The number of nitrogens with zero attached hydrogens (tertiary/aromatic N) is 1. The van der Waals surface area contributed by atoms with Gasteiger partial charge < -0.3 is 4.74 Å². The molecular formula is C14H21FN2O3S. The Morgan fingerprint density at radius 1 is 1.38 bits per heavy atom. The molecule has 1 N–H and O–H groups in total. The highest BCUT2D eigenvalue weighted by atomic mass is 32.2. The first-order chi connectivity index (χ1) is 9.97. The molecule has 7 heteroatoms. The van der Waals surface area contributed by atoms with Crippen molar-refractivity contribution in [2.24, 2.45) is 5.92 Å². The highest BCUT2D eigenvalue weighted by molar-refractivity contribution is 7.87. The number of benzene rings is 1. The minimum absolute atomic E-state index is 0.185. The lowest BCUT2D eigenvalue weighted by atomic mass is 10.0. The van der Waals surface area contributed by atoms with E-state index in [2.05, 4.69) is 11.6 Å². The molecule has 1 atom stereocenters. The van der Waals surface area contributed by atoms with Crippen LogP contribution in [0.3, 0.4) is 0 Å². The second-order valence-corrected chi connectivity index (χ2v) is 7.06. The summed E-state index contributed by atoms with van der Waals surface area (Å²) in [5.41, 5.74) is 0. The van der Waals surface area contributed by atoms with Crippen LogP contribution in [0.2, 0.25) is 0 Å². The third-order valence-corrected chi connectivity index (χ3v) is 5.01. The summed E-state index contributed by atoms with van der Waals surface area (Å²) in [6, 6.07) is 5.62. The van der Waals surface area contributed by atoms with E-state index in [4.69, 9.17) is 4.74 Å². The number of hydrogen-bond donors (Lipinski definition) is 1. The van der Waals surface area contributed by atoms with E-state index in [-0.39, 0.29) is 19.0 Å². The van der Waals surface area contributed by atoms with E-state index in [0.717, 1.165) is 12.8 Å². The van der Waals surface area contributed by atoms with Gasteiger partial charge in [-0.05, 0) is 43.0 Å². The summed E-state index contributed by atoms with van der Waals surface area (Å²) < 4.78 is 46.3. The predicted molar refractivity (Wildman–Crippen MR) is 78.8 cm³/mol. The minimum Gasteiger partial charge on any atom is -0.492 e. The van der Waals surface area contributed by atoms with E-state index in [9.17, 15) is 12.8 Å². The molecule has 0 aromatic heterocycles. The van der Waals surface area contributed by atoms with E-state index < -0.39 is 10.2 Å². The van der Waals surface area contributed by atoms with Crippen LogP contribution in [-0.2, 0) is 10.2 Å². The standard InChI is InChI=1S/C14H21FN2O3S/c1-12-3-2-9-17(11-12)21(18,19)16-8-10-20-14-6-4-13(15)5-7-14/h4-7,12,16H,2-3,8-11H2,1H3/t12-/m0/s1. The summed E-state index contributed by atoms with van der Waals surface area (Å²) >= 11 is 0. The second-order valence-electron chi connectivity index (χ2n) is 5.31. The molecule has 0 bridgehead atoms. The Balaban J connectivity index is 1.75. The molecule has 0 saturated carbocycles. The Morgan fingerprint density at radius 3 is 2.76 bits per heavy atom. The first-order valence-corrected chi connectivity index (χ1v) is 8.54. The number of nitrogens with one attached hydrogen (secondary N) is 1. The van der Waals surface area contributed by atoms with Crippen LogP contribution in [0.5, 0.6) is 5.75 Å². The molecule has 118 valence electrons. The lowest BCUT2D eigenvalue weighted by molar-refractivity contribution is 0.275. The average Bonchev–Trinajstić information content (AvgIpc) is 2.45. The minimum atomic E-state index is -3.43. The van der Waals surface area contributed by atoms with Crippen LogP contribution in [0.15, 0.2) is 24.3 Å². The van der Waals surface area contributed by atoms with Crippen molar-refractivity contribution in [3.63, 3.8) is 0 Å². The zero-order chi connectivity index (χ0) is 15.3. The predicted octanol–water partition coefficient (Wildman–Crippen LogP) is 1.77. The lowest BCUT2D eigenvalue weighted by Gasteiger charge is -2.29. The number of rotatable bonds is 6. The zero-order valence-electron chi connectivity index (χ0n) is 12.1. The summed E-state index contributed by atoms with van der Waals surface area (Å²) in [5.74, 6) is 0.579. The maximum Gasteiger partial charge on any atom is 0.279 e. The fourth-order valence-electron chi connectivity index (χ4n) is 2.33. The Kier molecular flexibility index (Phi) is 5.55. The van der Waals surface area contributed by atoms with Crippen molar-refractivity contribution in [2.45, 2.75) is 19.8 Å². The van der Waals surface area contributed by atoms with Gasteiger partial charge in [0.2, 0.25) is 0 Å². The Labute approximate surface area is 125 Å². The van der Waals surface area contributed by atoms with Crippen molar-refractivity contribution in [3.05, 3.63) is 30.1 Å². The fourth-order valence-corrected chi connectivity index (χ4v) is 3.67. The highest BCUT2D eigenvalue weighted by Crippen LogP contribution is 2.17. The zero-order valence-corrected chi connectivity index (χ0v) is 12.9. The van der Waals surface area contributed by atoms with E-state index in [0.29, 0.717) is 24.8 Å². The highest BCUT2D eigenvalue weighted by Gasteiger charge is 2.26. The van der Waals surface area contributed by atoms with E-state index in [1.165, 1.54) is 28.6 Å².